The molecule has 0 amide bonds. The first-order chi connectivity index (χ1) is 51.7. The molecule has 0 bridgehead atoms. The van der Waals surface area contributed by atoms with Crippen LogP contribution in [0, 0.1) is 0 Å². The number of aliphatic hydroxyl groups is 1. The Labute approximate surface area is 644 Å². The predicted molar refractivity (Wildman–Crippen MR) is 436 cm³/mol. The van der Waals surface area contributed by atoms with Crippen LogP contribution in [0.25, 0.3) is 0 Å². The maximum absolute atomic E-state index is 13.1. The van der Waals surface area contributed by atoms with Crippen LogP contribution in [0.15, 0.2) is 122 Å². The van der Waals surface area contributed by atoms with Gasteiger partial charge in [0.25, 0.3) is 0 Å². The smallest absolute Gasteiger partial charge is 0.462 e. The van der Waals surface area contributed by atoms with Crippen LogP contribution in [0.1, 0.15) is 349 Å². The highest BCUT2D eigenvalue weighted by Gasteiger charge is 2.30. The Morgan fingerprint density at radius 1 is 0.274 bits per heavy atom. The molecule has 0 aromatic rings. The van der Waals surface area contributed by atoms with Crippen LogP contribution < -0.4 is 0 Å². The van der Waals surface area contributed by atoms with Crippen molar-refractivity contribution in [1.29, 1.82) is 0 Å². The van der Waals surface area contributed by atoms with Gasteiger partial charge in [0, 0.05) is 25.7 Å². The highest BCUT2D eigenvalue weighted by atomic mass is 31.2. The van der Waals surface area contributed by atoms with E-state index >= 15 is 0 Å². The Hall–Kier alpha value is -4.54. The van der Waals surface area contributed by atoms with E-state index in [1.54, 1.807) is 0 Å². The molecule has 5 atom stereocenters. The number of phosphoric acid groups is 2. The van der Waals surface area contributed by atoms with E-state index in [2.05, 4.69) is 131 Å². The summed E-state index contributed by atoms with van der Waals surface area (Å²) in [7, 11) is -9.99. The second-order valence-corrected chi connectivity index (χ2v) is 30.6. The minimum atomic E-state index is -5.00. The Kier molecular flexibility index (Phi) is 75.2. The average Bonchev–Trinajstić information content (AvgIpc) is 1.23. The molecule has 2 unspecified atom stereocenters. The number of rotatable bonds is 78. The maximum Gasteiger partial charge on any atom is 0.472 e. The lowest BCUT2D eigenvalue weighted by molar-refractivity contribution is -0.161. The summed E-state index contributed by atoms with van der Waals surface area (Å²) in [5, 5.41) is 10.7. The van der Waals surface area contributed by atoms with Crippen molar-refractivity contribution >= 4 is 39.5 Å². The number of phosphoric ester groups is 2. The van der Waals surface area contributed by atoms with Crippen LogP contribution in [0.5, 0.6) is 0 Å². The van der Waals surface area contributed by atoms with Crippen molar-refractivity contribution in [3.8, 4) is 0 Å². The van der Waals surface area contributed by atoms with Gasteiger partial charge < -0.3 is 33.8 Å². The number of aliphatic hydroxyl groups excluding tert-OH is 1. The van der Waals surface area contributed by atoms with Crippen molar-refractivity contribution in [2.24, 2.45) is 0 Å². The Balaban J connectivity index is 5.45. The minimum Gasteiger partial charge on any atom is -0.462 e. The van der Waals surface area contributed by atoms with Gasteiger partial charge in [-0.15, -0.1) is 0 Å². The molecule has 106 heavy (non-hydrogen) atoms. The lowest BCUT2D eigenvalue weighted by atomic mass is 10.0. The van der Waals surface area contributed by atoms with Gasteiger partial charge in [-0.3, -0.25) is 37.3 Å². The molecule has 0 aliphatic rings. The highest BCUT2D eigenvalue weighted by Crippen LogP contribution is 2.45. The molecule has 0 saturated carbocycles. The molecule has 0 spiro atoms. The second kappa shape index (κ2) is 78.6. The number of carbonyl (C=O) groups excluding carboxylic acids is 4. The normalized spacial score (nSPS) is 14.4. The van der Waals surface area contributed by atoms with E-state index in [4.69, 9.17) is 37.0 Å². The lowest BCUT2D eigenvalue weighted by Gasteiger charge is -2.21. The molecule has 610 valence electrons. The molecular formula is C87H150O17P2. The van der Waals surface area contributed by atoms with E-state index in [9.17, 15) is 43.2 Å². The molecule has 0 aliphatic heterocycles. The van der Waals surface area contributed by atoms with Crippen molar-refractivity contribution in [3.63, 3.8) is 0 Å². The molecule has 17 nitrogen and oxygen atoms in total. The third-order valence-corrected chi connectivity index (χ3v) is 19.4. The molecule has 0 aromatic heterocycles. The first-order valence-electron chi connectivity index (χ1n) is 41.8. The van der Waals surface area contributed by atoms with Gasteiger partial charge in [0.1, 0.15) is 19.3 Å². The Morgan fingerprint density at radius 3 is 0.830 bits per heavy atom. The SMILES string of the molecule is CC/C=C\C/C=C\C/C=C\C/C=C\C/C=C\CCCCCC(=O)O[C@H](COC(=O)CCCCCCCCCCCCCCCCC)COP(=O)(O)OC[C@@H](O)COP(=O)(O)OC[C@@H](COC(=O)CCCCCCCCCCCCCCC)OC(=O)CC/C=C\C/C=C\C/C=C\C/C=C\C/C=C\CCCCC. The average molecular weight is 1530 g/mol. The zero-order valence-electron chi connectivity index (χ0n) is 66.8. The molecule has 0 aromatic carbocycles. The number of hydrogen-bond acceptors (Lipinski definition) is 15. The number of carbonyl (C=O) groups is 4. The van der Waals surface area contributed by atoms with Crippen LogP contribution in [0.2, 0.25) is 0 Å². The third-order valence-electron chi connectivity index (χ3n) is 17.5. The van der Waals surface area contributed by atoms with Gasteiger partial charge >= 0.3 is 39.5 Å². The van der Waals surface area contributed by atoms with Crippen molar-refractivity contribution in [1.82, 2.24) is 0 Å². The fraction of sp³-hybridized carbons (Fsp3) is 0.724. The topological polar surface area (TPSA) is 237 Å². The predicted octanol–water partition coefficient (Wildman–Crippen LogP) is 24.7. The summed E-state index contributed by atoms with van der Waals surface area (Å²) in [6.07, 6.45) is 87.5. The van der Waals surface area contributed by atoms with E-state index in [0.717, 1.165) is 122 Å². The summed E-state index contributed by atoms with van der Waals surface area (Å²) in [4.78, 5) is 73.1. The molecule has 0 heterocycles. The summed E-state index contributed by atoms with van der Waals surface area (Å²) in [5.41, 5.74) is 0. The first-order valence-corrected chi connectivity index (χ1v) is 44.8. The van der Waals surface area contributed by atoms with Gasteiger partial charge in [-0.05, 0) is 109 Å². The quantitative estimate of drug-likeness (QED) is 0.0169. The molecule has 0 radical (unpaired) electrons. The van der Waals surface area contributed by atoms with Gasteiger partial charge in [0.2, 0.25) is 0 Å². The highest BCUT2D eigenvalue weighted by molar-refractivity contribution is 7.47. The summed E-state index contributed by atoms with van der Waals surface area (Å²) in [6.45, 7) is 4.66. The first kappa shape index (κ1) is 101. The second-order valence-electron chi connectivity index (χ2n) is 27.7. The maximum atomic E-state index is 13.1. The molecule has 0 saturated heterocycles. The number of ether oxygens (including phenoxy) is 4. The molecular weight excluding hydrogens is 1380 g/mol. The minimum absolute atomic E-state index is 0.0286. The van der Waals surface area contributed by atoms with Crippen LogP contribution in [0.4, 0.5) is 0 Å². The third kappa shape index (κ3) is 77.6. The van der Waals surface area contributed by atoms with Crippen molar-refractivity contribution in [2.45, 2.75) is 367 Å². The zero-order valence-corrected chi connectivity index (χ0v) is 68.6. The van der Waals surface area contributed by atoms with Crippen molar-refractivity contribution in [3.05, 3.63) is 122 Å². The van der Waals surface area contributed by atoms with E-state index < -0.39 is 97.5 Å². The molecule has 0 rings (SSSR count). The van der Waals surface area contributed by atoms with Crippen LogP contribution in [0.3, 0.4) is 0 Å². The zero-order chi connectivity index (χ0) is 77.4. The summed E-state index contributed by atoms with van der Waals surface area (Å²) >= 11 is 0. The number of allylic oxidation sites excluding steroid dienone is 20. The van der Waals surface area contributed by atoms with E-state index in [-0.39, 0.29) is 25.7 Å². The standard InChI is InChI=1S/C87H150O17P2/c1-5-9-13-17-21-25-29-33-36-38-40-42-45-49-53-57-61-65-69-73-86(91)103-82(77-97-84(89)71-67-63-59-55-51-47-32-28-24-20-16-12-8-4)79-101-105(93,94)99-75-81(88)76-100-106(95,96)102-80-83(78-98-85(90)72-68-64-60-56-52-48-44-35-31-27-23-19-15-11-7-3)104-87(92)74-70-66-62-58-54-50-46-43-41-39-37-34-30-26-22-18-14-10-6-2/h10,14,21-22,25-26,33-34,36-37,40-43,49-50,53-54,61,65,81-83,88H,5-9,11-13,15-20,23-24,27-32,35,38-39,44-48,51-52,55-60,62-64,66-80H2,1-4H3,(H,93,94)(H,95,96)/b14-10-,25-21-,26-22-,36-33-,37-34-,42-40-,43-41-,53-49-,54-50-,65-61-/t81-,82+,83+/m0/s1. The molecule has 19 heteroatoms. The van der Waals surface area contributed by atoms with Gasteiger partial charge in [-0.2, -0.15) is 0 Å². The van der Waals surface area contributed by atoms with Crippen LogP contribution in [-0.4, -0.2) is 96.7 Å². The number of hydrogen-bond donors (Lipinski definition) is 3. The summed E-state index contributed by atoms with van der Waals surface area (Å²) < 4.78 is 68.6. The van der Waals surface area contributed by atoms with Gasteiger partial charge in [0.15, 0.2) is 12.2 Å². The molecule has 3 N–H and O–H groups in total. The van der Waals surface area contributed by atoms with Crippen LogP contribution >= 0.6 is 15.6 Å². The van der Waals surface area contributed by atoms with Crippen molar-refractivity contribution < 1.29 is 80.2 Å². The van der Waals surface area contributed by atoms with Gasteiger partial charge in [-0.1, -0.05) is 335 Å². The fourth-order valence-corrected chi connectivity index (χ4v) is 12.7. The van der Waals surface area contributed by atoms with E-state index in [1.807, 2.05) is 18.2 Å². The molecule has 0 fully saturated rings. The molecule has 0 aliphatic carbocycles. The number of esters is 4. The summed E-state index contributed by atoms with van der Waals surface area (Å²) in [6, 6.07) is 0. The summed E-state index contributed by atoms with van der Waals surface area (Å²) in [5.74, 6) is -2.29. The van der Waals surface area contributed by atoms with E-state index in [1.165, 1.54) is 141 Å². The fourth-order valence-electron chi connectivity index (χ4n) is 11.1. The van der Waals surface area contributed by atoms with Crippen molar-refractivity contribution in [2.75, 3.05) is 39.6 Å². The largest absolute Gasteiger partial charge is 0.472 e. The Morgan fingerprint density at radius 2 is 0.509 bits per heavy atom. The number of unbranched alkanes of at least 4 members (excludes halogenated alkanes) is 32. The van der Waals surface area contributed by atoms with Gasteiger partial charge in [-0.25, -0.2) is 9.13 Å². The van der Waals surface area contributed by atoms with Crippen LogP contribution in [-0.2, 0) is 65.4 Å². The monoisotopic (exact) mass is 1530 g/mol. The lowest BCUT2D eigenvalue weighted by Crippen LogP contribution is -2.30. The van der Waals surface area contributed by atoms with Gasteiger partial charge in [0.05, 0.1) is 26.4 Å². The van der Waals surface area contributed by atoms with E-state index in [0.29, 0.717) is 32.1 Å². The Bertz CT molecular complexity index is 2480.